The van der Waals surface area contributed by atoms with E-state index in [2.05, 4.69) is 0 Å². The van der Waals surface area contributed by atoms with Crippen LogP contribution in [0.1, 0.15) is 0 Å². The molecule has 0 atom stereocenters. The van der Waals surface area contributed by atoms with Crippen LogP contribution >= 0.6 is 0 Å². The van der Waals surface area contributed by atoms with Crippen LogP contribution in [0.5, 0.6) is 0 Å². The third-order valence-electron chi connectivity index (χ3n) is 0. The Bertz CT molecular complexity index is 35.2. The molecule has 60 valence electrons. The second kappa shape index (κ2) is 39.7. The van der Waals surface area contributed by atoms with Crippen LogP contribution in [0.25, 0.3) is 0 Å². The van der Waals surface area contributed by atoms with E-state index < -0.39 is 5.09 Å². The molecule has 8 nitrogen and oxygen atoms in total. The molecular formula is H12CeN5O3-. The zero-order chi connectivity index (χ0) is 3.58. The minimum atomic E-state index is -1.75. The van der Waals surface area contributed by atoms with E-state index in [1.807, 2.05) is 0 Å². The van der Waals surface area contributed by atoms with Crippen LogP contribution in [0.4, 0.5) is 0 Å². The quantitative estimate of drug-likeness (QED) is 0.359. The third kappa shape index (κ3) is 2000. The summed E-state index contributed by atoms with van der Waals surface area (Å²) in [6.45, 7) is 0. The van der Waals surface area contributed by atoms with E-state index in [1.165, 1.54) is 0 Å². The monoisotopic (exact) mass is 270 g/mol. The van der Waals surface area contributed by atoms with Crippen molar-refractivity contribution in [3.63, 3.8) is 0 Å². The topological polar surface area (TPSA) is 206 Å². The van der Waals surface area contributed by atoms with E-state index in [0.717, 1.165) is 0 Å². The molecule has 12 N–H and O–H groups in total. The standard InChI is InChI=1S/Ce.NO3.4H3N/c;2-1(3)4;;;;/h;;4*1H3/q;-1;;;;. The first-order chi connectivity index (χ1) is 1.73. The average molecular weight is 270 g/mol. The molecule has 0 aromatic rings. The number of hydrogen-bond acceptors (Lipinski definition) is 7. The molecule has 0 amide bonds. The first-order valence-electron chi connectivity index (χ1n) is 0.548. The maximum atomic E-state index is 8.25. The van der Waals surface area contributed by atoms with Gasteiger partial charge in [-0.05, 0) is 0 Å². The van der Waals surface area contributed by atoms with Crippen LogP contribution in [0.2, 0.25) is 0 Å². The predicted molar refractivity (Wildman–Crippen MR) is 30.4 cm³/mol. The molecule has 0 unspecified atom stereocenters. The van der Waals surface area contributed by atoms with Crippen molar-refractivity contribution in [2.45, 2.75) is 0 Å². The Morgan fingerprint density at radius 1 is 0.889 bits per heavy atom. The maximum Gasteiger partial charge on any atom is 0.0689 e. The van der Waals surface area contributed by atoms with Crippen molar-refractivity contribution in [3.8, 4) is 0 Å². The Labute approximate surface area is 86.2 Å². The first kappa shape index (κ1) is 57.1. The normalized spacial score (nSPS) is 2.67. The van der Waals surface area contributed by atoms with Gasteiger partial charge >= 0.3 is 0 Å². The zero-order valence-corrected chi connectivity index (χ0v) is 8.14. The molecule has 0 aliphatic heterocycles. The fraction of sp³-hybridized carbons (Fsp3) is 0. The molecule has 0 aromatic carbocycles. The van der Waals surface area contributed by atoms with Crippen molar-refractivity contribution in [2.75, 3.05) is 0 Å². The van der Waals surface area contributed by atoms with Gasteiger partial charge in [-0.2, -0.15) is 0 Å². The van der Waals surface area contributed by atoms with Gasteiger partial charge < -0.3 is 39.9 Å². The van der Waals surface area contributed by atoms with Crippen molar-refractivity contribution in [1.82, 2.24) is 24.6 Å². The molecular weight excluding hydrogens is 258 g/mol. The first-order valence-corrected chi connectivity index (χ1v) is 0.548. The molecule has 0 aromatic heterocycles. The smallest absolute Gasteiger partial charge is 0.0689 e. The van der Waals surface area contributed by atoms with Gasteiger partial charge in [0.15, 0.2) is 0 Å². The molecule has 0 aliphatic carbocycles. The van der Waals surface area contributed by atoms with Gasteiger partial charge in [-0.3, -0.25) is 0 Å². The largest absolute Gasteiger partial charge is 0.356 e. The maximum absolute atomic E-state index is 8.25. The fourth-order valence-electron chi connectivity index (χ4n) is 0. The summed E-state index contributed by atoms with van der Waals surface area (Å²) in [4.78, 5) is 8.25. The summed E-state index contributed by atoms with van der Waals surface area (Å²) in [6.07, 6.45) is 0. The molecule has 0 heterocycles. The summed E-state index contributed by atoms with van der Waals surface area (Å²) in [5.41, 5.74) is 0. The van der Waals surface area contributed by atoms with Crippen molar-refractivity contribution in [3.05, 3.63) is 15.3 Å². The van der Waals surface area contributed by atoms with Gasteiger partial charge in [-0.15, -0.1) is 0 Å². The molecule has 0 spiro atoms. The Morgan fingerprint density at radius 3 is 0.889 bits per heavy atom. The van der Waals surface area contributed by atoms with Gasteiger partial charge in [0.05, 0.1) is 5.09 Å². The predicted octanol–water partition coefficient (Wildman–Crippen LogP) is 0.409. The SMILES string of the molecule is N.N.N.N.O=[N+]([O-])[O-].[Ce]. The van der Waals surface area contributed by atoms with E-state index in [0.29, 0.717) is 0 Å². The summed E-state index contributed by atoms with van der Waals surface area (Å²) in [5.74, 6) is 0. The second-order valence-corrected chi connectivity index (χ2v) is 0.224. The second-order valence-electron chi connectivity index (χ2n) is 0.224. The third-order valence-corrected chi connectivity index (χ3v) is 0. The van der Waals surface area contributed by atoms with Crippen molar-refractivity contribution >= 4 is 0 Å². The van der Waals surface area contributed by atoms with Crippen molar-refractivity contribution < 1.29 is 46.8 Å². The van der Waals surface area contributed by atoms with Crippen LogP contribution in [-0.4, -0.2) is 5.09 Å². The minimum Gasteiger partial charge on any atom is -0.356 e. The Kier molecular flexibility index (Phi) is 252. The van der Waals surface area contributed by atoms with Gasteiger partial charge in [-0.25, -0.2) is 0 Å². The Hall–Kier alpha value is 0.417. The van der Waals surface area contributed by atoms with Gasteiger partial charge in [0.1, 0.15) is 0 Å². The Morgan fingerprint density at radius 2 is 0.889 bits per heavy atom. The summed E-state index contributed by atoms with van der Waals surface area (Å²) in [5, 5.41) is 14.8. The molecule has 0 aliphatic rings. The van der Waals surface area contributed by atoms with E-state index in [9.17, 15) is 0 Å². The summed E-state index contributed by atoms with van der Waals surface area (Å²) >= 11 is 0. The van der Waals surface area contributed by atoms with Crippen molar-refractivity contribution in [2.24, 2.45) is 0 Å². The summed E-state index contributed by atoms with van der Waals surface area (Å²) in [7, 11) is 0. The van der Waals surface area contributed by atoms with E-state index in [1.54, 1.807) is 0 Å². The molecule has 0 saturated carbocycles. The molecule has 0 fully saturated rings. The summed E-state index contributed by atoms with van der Waals surface area (Å²) in [6, 6.07) is 0. The number of hydrogen-bond donors (Lipinski definition) is 4. The minimum absolute atomic E-state index is 0. The summed E-state index contributed by atoms with van der Waals surface area (Å²) < 4.78 is 0. The van der Waals surface area contributed by atoms with Crippen molar-refractivity contribution in [1.29, 1.82) is 0 Å². The van der Waals surface area contributed by atoms with Crippen LogP contribution in [-0.2, 0) is 0 Å². The van der Waals surface area contributed by atoms with Crippen LogP contribution in [0.15, 0.2) is 0 Å². The Balaban J connectivity index is -0.00000000450. The van der Waals surface area contributed by atoms with Crippen LogP contribution < -0.4 is 24.6 Å². The molecule has 0 bridgehead atoms. The van der Waals surface area contributed by atoms with Gasteiger partial charge in [0.2, 0.25) is 0 Å². The van der Waals surface area contributed by atoms with Gasteiger partial charge in [0, 0.05) is 41.7 Å². The number of nitrogens with zero attached hydrogens (tertiary/aromatic N) is 1. The van der Waals surface area contributed by atoms with Crippen LogP contribution in [0.3, 0.4) is 0 Å². The molecule has 0 rings (SSSR count). The van der Waals surface area contributed by atoms with E-state index in [4.69, 9.17) is 15.3 Å². The molecule has 9 heteroatoms. The fourth-order valence-corrected chi connectivity index (χ4v) is 0. The molecule has 0 saturated heterocycles. The molecule has 0 radical (unpaired) electrons. The van der Waals surface area contributed by atoms with Gasteiger partial charge in [0.25, 0.3) is 0 Å². The zero-order valence-electron chi connectivity index (χ0n) is 5.00. The van der Waals surface area contributed by atoms with E-state index >= 15 is 0 Å². The van der Waals surface area contributed by atoms with Gasteiger partial charge in [-0.1, -0.05) is 0 Å². The van der Waals surface area contributed by atoms with E-state index in [-0.39, 0.29) is 66.3 Å². The van der Waals surface area contributed by atoms with Crippen LogP contribution in [0, 0.1) is 57.1 Å². The molecule has 9 heavy (non-hydrogen) atoms. The number of rotatable bonds is 0. The average Bonchev–Trinajstić information content (AvgIpc) is 0.811.